The number of phenols is 2. The normalized spacial score (nSPS) is 11.8. The summed E-state index contributed by atoms with van der Waals surface area (Å²) in [7, 11) is 1.21. The van der Waals surface area contributed by atoms with Crippen LogP contribution in [0.1, 0.15) is 39.4 Å². The minimum atomic E-state index is -1.06. The highest BCUT2D eigenvalue weighted by Gasteiger charge is 2.30. The predicted molar refractivity (Wildman–Crippen MR) is 123 cm³/mol. The molecule has 3 aromatic carbocycles. The molecule has 0 radical (unpaired) electrons. The lowest BCUT2D eigenvalue weighted by atomic mass is 9.85. The van der Waals surface area contributed by atoms with Crippen molar-refractivity contribution >= 4 is 22.7 Å². The van der Waals surface area contributed by atoms with E-state index in [-0.39, 0.29) is 28.9 Å². The molecule has 0 saturated heterocycles. The fraction of sp³-hybridized carbons (Fsp3) is 0.115. The van der Waals surface area contributed by atoms with Crippen LogP contribution in [-0.2, 0) is 9.53 Å². The first kappa shape index (κ1) is 21.8. The highest BCUT2D eigenvalue weighted by Crippen LogP contribution is 2.42. The molecule has 1 aromatic heterocycles. The van der Waals surface area contributed by atoms with E-state index in [2.05, 4.69) is 4.98 Å². The molecular formula is C26H21NO6. The van der Waals surface area contributed by atoms with Crippen LogP contribution in [0, 0.1) is 0 Å². The first-order valence-corrected chi connectivity index (χ1v) is 10.2. The second-order valence-corrected chi connectivity index (χ2v) is 7.56. The monoisotopic (exact) mass is 443 g/mol. The van der Waals surface area contributed by atoms with Crippen molar-refractivity contribution in [2.24, 2.45) is 0 Å². The van der Waals surface area contributed by atoms with E-state index in [1.54, 1.807) is 60.7 Å². The third-order valence-corrected chi connectivity index (χ3v) is 5.58. The molecule has 0 aliphatic carbocycles. The summed E-state index contributed by atoms with van der Waals surface area (Å²) in [5.41, 5.74) is 0.460. The van der Waals surface area contributed by atoms with Gasteiger partial charge in [0.2, 0.25) is 0 Å². The van der Waals surface area contributed by atoms with Crippen LogP contribution >= 0.6 is 0 Å². The van der Waals surface area contributed by atoms with Crippen LogP contribution < -0.4 is 5.56 Å². The molecule has 0 aliphatic rings. The van der Waals surface area contributed by atoms with Crippen molar-refractivity contribution in [2.75, 3.05) is 7.11 Å². The molecule has 0 spiro atoms. The SMILES string of the molecule is COC(=O)C[C@H](c1c(O)ccc(C(=O)c2ccccc2)c1O)c1cc2ccccc2[nH]c1=O. The average Bonchev–Trinajstić information content (AvgIpc) is 2.83. The van der Waals surface area contributed by atoms with Crippen molar-refractivity contribution in [3.8, 4) is 11.5 Å². The molecule has 4 rings (SSSR count). The molecule has 0 fully saturated rings. The van der Waals surface area contributed by atoms with Gasteiger partial charge >= 0.3 is 5.97 Å². The van der Waals surface area contributed by atoms with Gasteiger partial charge in [-0.15, -0.1) is 0 Å². The van der Waals surface area contributed by atoms with E-state index in [0.29, 0.717) is 16.5 Å². The fourth-order valence-corrected chi connectivity index (χ4v) is 3.91. The number of para-hydroxylation sites is 1. The summed E-state index contributed by atoms with van der Waals surface area (Å²) in [6.07, 6.45) is -0.331. The zero-order valence-electron chi connectivity index (χ0n) is 17.7. The van der Waals surface area contributed by atoms with E-state index in [4.69, 9.17) is 4.74 Å². The summed E-state index contributed by atoms with van der Waals surface area (Å²) in [6.45, 7) is 0. The second-order valence-electron chi connectivity index (χ2n) is 7.56. The Morgan fingerprint density at radius 1 is 0.970 bits per heavy atom. The Bertz CT molecular complexity index is 1410. The molecule has 7 heteroatoms. The number of methoxy groups -OCH3 is 1. The summed E-state index contributed by atoms with van der Waals surface area (Å²) >= 11 is 0. The first-order valence-electron chi connectivity index (χ1n) is 10.2. The highest BCUT2D eigenvalue weighted by atomic mass is 16.5. The summed E-state index contributed by atoms with van der Waals surface area (Å²) in [6, 6.07) is 19.7. The topological polar surface area (TPSA) is 117 Å². The molecule has 0 saturated carbocycles. The summed E-state index contributed by atoms with van der Waals surface area (Å²) in [5.74, 6) is -3.01. The Morgan fingerprint density at radius 2 is 1.67 bits per heavy atom. The number of ether oxygens (including phenoxy) is 1. The number of nitrogens with one attached hydrogen (secondary N) is 1. The number of hydrogen-bond donors (Lipinski definition) is 3. The number of benzene rings is 3. The second kappa shape index (κ2) is 9.00. The standard InChI is InChI=1S/C26H21NO6/c1-33-22(29)14-18(19-13-16-9-5-6-10-20(16)27-26(19)32)23-21(28)12-11-17(25(23)31)24(30)15-7-3-2-4-8-15/h2-13,18,28,31H,14H2,1H3,(H,27,32)/t18-/m0/s1. The lowest BCUT2D eigenvalue weighted by Crippen LogP contribution is -2.20. The van der Waals surface area contributed by atoms with E-state index >= 15 is 0 Å². The lowest BCUT2D eigenvalue weighted by Gasteiger charge is -2.20. The van der Waals surface area contributed by atoms with Gasteiger partial charge in [0.15, 0.2) is 5.78 Å². The fourth-order valence-electron chi connectivity index (χ4n) is 3.91. The van der Waals surface area contributed by atoms with Gasteiger partial charge < -0.3 is 19.9 Å². The molecule has 0 unspecified atom stereocenters. The summed E-state index contributed by atoms with van der Waals surface area (Å²) in [5, 5.41) is 22.4. The maximum Gasteiger partial charge on any atom is 0.306 e. The molecule has 166 valence electrons. The molecule has 0 bridgehead atoms. The molecule has 3 N–H and O–H groups in total. The minimum absolute atomic E-state index is 0.0546. The number of H-pyrrole nitrogens is 1. The largest absolute Gasteiger partial charge is 0.508 e. The Balaban J connectivity index is 1.92. The maximum absolute atomic E-state index is 13.0. The van der Waals surface area contributed by atoms with Crippen molar-refractivity contribution in [3.63, 3.8) is 0 Å². The zero-order chi connectivity index (χ0) is 23.5. The average molecular weight is 443 g/mol. The number of carbonyl (C=O) groups is 2. The first-order chi connectivity index (χ1) is 15.9. The van der Waals surface area contributed by atoms with Gasteiger partial charge in [-0.2, -0.15) is 0 Å². The van der Waals surface area contributed by atoms with Crippen LogP contribution in [0.3, 0.4) is 0 Å². The summed E-state index contributed by atoms with van der Waals surface area (Å²) in [4.78, 5) is 41.0. The quantitative estimate of drug-likeness (QED) is 0.308. The number of ketones is 1. The molecular weight excluding hydrogens is 422 g/mol. The number of aromatic hydroxyl groups is 2. The number of fused-ring (bicyclic) bond motifs is 1. The van der Waals surface area contributed by atoms with Gasteiger partial charge in [0.1, 0.15) is 11.5 Å². The number of esters is 1. The third-order valence-electron chi connectivity index (χ3n) is 5.58. The number of aromatic amines is 1. The van der Waals surface area contributed by atoms with Gasteiger partial charge in [-0.05, 0) is 29.7 Å². The van der Waals surface area contributed by atoms with E-state index in [1.807, 2.05) is 0 Å². The van der Waals surface area contributed by atoms with Crippen LogP contribution in [0.4, 0.5) is 0 Å². The van der Waals surface area contributed by atoms with Crippen LogP contribution in [0.2, 0.25) is 0 Å². The van der Waals surface area contributed by atoms with E-state index in [9.17, 15) is 24.6 Å². The van der Waals surface area contributed by atoms with Crippen molar-refractivity contribution in [3.05, 3.63) is 105 Å². The van der Waals surface area contributed by atoms with Crippen molar-refractivity contribution in [1.29, 1.82) is 0 Å². The lowest BCUT2D eigenvalue weighted by molar-refractivity contribution is -0.140. The van der Waals surface area contributed by atoms with E-state index < -0.39 is 29.0 Å². The van der Waals surface area contributed by atoms with Crippen LogP contribution in [0.25, 0.3) is 10.9 Å². The van der Waals surface area contributed by atoms with Gasteiger partial charge in [0.05, 0.1) is 19.1 Å². The maximum atomic E-state index is 13.0. The number of pyridine rings is 1. The third kappa shape index (κ3) is 4.21. The van der Waals surface area contributed by atoms with Gasteiger partial charge in [0, 0.05) is 28.1 Å². The Hall–Kier alpha value is -4.39. The highest BCUT2D eigenvalue weighted by molar-refractivity contribution is 6.11. The molecule has 33 heavy (non-hydrogen) atoms. The van der Waals surface area contributed by atoms with Crippen LogP contribution in [-0.4, -0.2) is 34.1 Å². The molecule has 1 heterocycles. The molecule has 1 atom stereocenters. The number of rotatable bonds is 6. The van der Waals surface area contributed by atoms with Gasteiger partial charge in [0.25, 0.3) is 5.56 Å². The van der Waals surface area contributed by atoms with Crippen molar-refractivity contribution < 1.29 is 24.5 Å². The number of carbonyl (C=O) groups excluding carboxylic acids is 2. The Morgan fingerprint density at radius 3 is 2.39 bits per heavy atom. The smallest absolute Gasteiger partial charge is 0.306 e. The van der Waals surface area contributed by atoms with Gasteiger partial charge in [-0.25, -0.2) is 0 Å². The number of aromatic nitrogens is 1. The van der Waals surface area contributed by atoms with E-state index in [1.165, 1.54) is 19.2 Å². The van der Waals surface area contributed by atoms with Crippen LogP contribution in [0.5, 0.6) is 11.5 Å². The zero-order valence-corrected chi connectivity index (χ0v) is 17.7. The molecule has 0 aliphatic heterocycles. The van der Waals surface area contributed by atoms with Gasteiger partial charge in [-0.1, -0.05) is 48.5 Å². The molecule has 4 aromatic rings. The Kier molecular flexibility index (Phi) is 5.95. The van der Waals surface area contributed by atoms with Crippen molar-refractivity contribution in [2.45, 2.75) is 12.3 Å². The summed E-state index contributed by atoms with van der Waals surface area (Å²) < 4.78 is 4.80. The molecule has 0 amide bonds. The number of phenolic OH excluding ortho intramolecular Hbond substituents is 2. The minimum Gasteiger partial charge on any atom is -0.508 e. The predicted octanol–water partition coefficient (Wildman–Crippen LogP) is 3.87. The Labute approximate surface area is 188 Å². The van der Waals surface area contributed by atoms with E-state index in [0.717, 1.165) is 0 Å². The molecule has 7 nitrogen and oxygen atoms in total. The van der Waals surface area contributed by atoms with Crippen molar-refractivity contribution in [1.82, 2.24) is 4.98 Å². The van der Waals surface area contributed by atoms with Crippen LogP contribution in [0.15, 0.2) is 77.6 Å². The van der Waals surface area contributed by atoms with Gasteiger partial charge in [-0.3, -0.25) is 14.4 Å². The number of hydrogen-bond acceptors (Lipinski definition) is 6.